The highest BCUT2D eigenvalue weighted by molar-refractivity contribution is 7.86. The second kappa shape index (κ2) is 5.79. The fraction of sp³-hybridized carbons (Fsp3) is 0.400. The Hall–Kier alpha value is -0.960. The van der Waals surface area contributed by atoms with Gasteiger partial charge in [0.15, 0.2) is 0 Å². The van der Waals surface area contributed by atoms with Crippen LogP contribution < -0.4 is 0 Å². The van der Waals surface area contributed by atoms with Crippen LogP contribution in [-0.4, -0.2) is 29.3 Å². The fourth-order valence-electron chi connectivity index (χ4n) is 1.18. The first-order chi connectivity index (χ1) is 8.17. The molecule has 102 valence electrons. The van der Waals surface area contributed by atoms with Crippen molar-refractivity contribution < 1.29 is 25.2 Å². The molecule has 18 heavy (non-hydrogen) atoms. The monoisotopic (exact) mass is 294 g/mol. The summed E-state index contributed by atoms with van der Waals surface area (Å²) in [4.78, 5) is 0. The van der Waals surface area contributed by atoms with Crippen LogP contribution in [0.15, 0.2) is 24.3 Å². The van der Waals surface area contributed by atoms with Crippen LogP contribution in [0.5, 0.6) is 0 Å². The highest BCUT2D eigenvalue weighted by Gasteiger charge is 2.09. The van der Waals surface area contributed by atoms with Gasteiger partial charge in [-0.1, -0.05) is 24.3 Å². The Labute approximate surface area is 107 Å². The summed E-state index contributed by atoms with van der Waals surface area (Å²) in [5.74, 6) is 0. The molecule has 1 rings (SSSR count). The van der Waals surface area contributed by atoms with E-state index >= 15 is 0 Å². The van der Waals surface area contributed by atoms with E-state index in [9.17, 15) is 16.8 Å². The summed E-state index contributed by atoms with van der Waals surface area (Å²) < 4.78 is 52.8. The zero-order valence-corrected chi connectivity index (χ0v) is 11.6. The zero-order valence-electron chi connectivity index (χ0n) is 9.99. The van der Waals surface area contributed by atoms with Crippen molar-refractivity contribution in [2.24, 2.45) is 0 Å². The standard InChI is InChI=1S/C10H14O6S2/c1-17(11,12)15-7-9-5-3-4-6-10(9)8-16-18(2,13)14/h3-6H,7-8H2,1-2H3. The molecule has 0 aliphatic carbocycles. The van der Waals surface area contributed by atoms with Gasteiger partial charge in [0, 0.05) is 0 Å². The van der Waals surface area contributed by atoms with Gasteiger partial charge in [0.25, 0.3) is 20.2 Å². The summed E-state index contributed by atoms with van der Waals surface area (Å²) in [6, 6.07) is 6.69. The van der Waals surface area contributed by atoms with Crippen LogP contribution >= 0.6 is 0 Å². The molecule has 0 aliphatic rings. The maximum Gasteiger partial charge on any atom is 0.264 e. The highest BCUT2D eigenvalue weighted by Crippen LogP contribution is 2.13. The summed E-state index contributed by atoms with van der Waals surface area (Å²) in [7, 11) is -7.08. The SMILES string of the molecule is CS(=O)(=O)OCc1ccccc1COS(C)(=O)=O. The first-order valence-corrected chi connectivity index (χ1v) is 8.56. The molecule has 0 saturated heterocycles. The fourth-order valence-corrected chi connectivity index (χ4v) is 1.86. The van der Waals surface area contributed by atoms with Crippen LogP contribution in [0.25, 0.3) is 0 Å². The molecule has 0 bridgehead atoms. The van der Waals surface area contributed by atoms with Crippen molar-refractivity contribution >= 4 is 20.2 Å². The Morgan fingerprint density at radius 1 is 0.833 bits per heavy atom. The lowest BCUT2D eigenvalue weighted by Crippen LogP contribution is -2.07. The van der Waals surface area contributed by atoms with Crippen molar-refractivity contribution in [1.29, 1.82) is 0 Å². The topological polar surface area (TPSA) is 86.7 Å². The Bertz CT molecular complexity index is 548. The minimum Gasteiger partial charge on any atom is -0.265 e. The lowest BCUT2D eigenvalue weighted by molar-refractivity contribution is 0.292. The van der Waals surface area contributed by atoms with E-state index in [0.29, 0.717) is 11.1 Å². The average Bonchev–Trinajstić information content (AvgIpc) is 2.22. The Morgan fingerprint density at radius 3 is 1.44 bits per heavy atom. The predicted molar refractivity (Wildman–Crippen MR) is 65.7 cm³/mol. The van der Waals surface area contributed by atoms with Gasteiger partial charge in [-0.3, -0.25) is 8.37 Å². The molecule has 1 aromatic rings. The van der Waals surface area contributed by atoms with Gasteiger partial charge in [-0.25, -0.2) is 0 Å². The lowest BCUT2D eigenvalue weighted by Gasteiger charge is -2.08. The van der Waals surface area contributed by atoms with Crippen molar-refractivity contribution in [1.82, 2.24) is 0 Å². The molecule has 8 heteroatoms. The van der Waals surface area contributed by atoms with Crippen molar-refractivity contribution in [2.45, 2.75) is 13.2 Å². The number of hydrogen-bond donors (Lipinski definition) is 0. The van der Waals surface area contributed by atoms with Gasteiger partial charge in [0.1, 0.15) is 0 Å². The number of rotatable bonds is 6. The summed E-state index contributed by atoms with van der Waals surface area (Å²) in [6.07, 6.45) is 1.89. The molecule has 0 radical (unpaired) electrons. The van der Waals surface area contributed by atoms with Gasteiger partial charge in [-0.2, -0.15) is 16.8 Å². The first-order valence-electron chi connectivity index (χ1n) is 4.93. The quantitative estimate of drug-likeness (QED) is 0.716. The molecular weight excluding hydrogens is 280 g/mol. The Kier molecular flexibility index (Phi) is 4.85. The summed E-state index contributed by atoms with van der Waals surface area (Å²) in [5.41, 5.74) is 1.12. The van der Waals surface area contributed by atoms with E-state index in [1.807, 2.05) is 0 Å². The molecule has 0 aliphatic heterocycles. The summed E-state index contributed by atoms with van der Waals surface area (Å²) in [5, 5.41) is 0. The molecule has 0 atom stereocenters. The van der Waals surface area contributed by atoms with Gasteiger partial charge in [0.05, 0.1) is 25.7 Å². The molecule has 0 fully saturated rings. The van der Waals surface area contributed by atoms with E-state index in [1.165, 1.54) is 0 Å². The van der Waals surface area contributed by atoms with Crippen molar-refractivity contribution in [3.8, 4) is 0 Å². The summed E-state index contributed by atoms with van der Waals surface area (Å²) in [6.45, 7) is -0.301. The lowest BCUT2D eigenvalue weighted by atomic mass is 10.1. The van der Waals surface area contributed by atoms with Gasteiger partial charge in [-0.15, -0.1) is 0 Å². The van der Waals surface area contributed by atoms with Crippen LogP contribution in [0.4, 0.5) is 0 Å². The molecule has 0 N–H and O–H groups in total. The number of benzene rings is 1. The van der Waals surface area contributed by atoms with E-state index in [4.69, 9.17) is 0 Å². The van der Waals surface area contributed by atoms with Crippen molar-refractivity contribution in [3.63, 3.8) is 0 Å². The van der Waals surface area contributed by atoms with Gasteiger partial charge in [0.2, 0.25) is 0 Å². The van der Waals surface area contributed by atoms with E-state index in [-0.39, 0.29) is 13.2 Å². The largest absolute Gasteiger partial charge is 0.265 e. The summed E-state index contributed by atoms with van der Waals surface area (Å²) >= 11 is 0. The molecule has 0 amide bonds. The van der Waals surface area contributed by atoms with E-state index in [1.54, 1.807) is 24.3 Å². The predicted octanol–water partition coefficient (Wildman–Crippen LogP) is 0.639. The van der Waals surface area contributed by atoms with E-state index in [0.717, 1.165) is 12.5 Å². The molecular formula is C10H14O6S2. The first kappa shape index (κ1) is 15.1. The average molecular weight is 294 g/mol. The third-order valence-electron chi connectivity index (χ3n) is 1.98. The van der Waals surface area contributed by atoms with Gasteiger partial charge in [-0.05, 0) is 11.1 Å². The van der Waals surface area contributed by atoms with Crippen LogP contribution in [0.3, 0.4) is 0 Å². The number of hydrogen-bond acceptors (Lipinski definition) is 6. The normalized spacial score (nSPS) is 12.6. The molecule has 0 unspecified atom stereocenters. The maximum atomic E-state index is 10.9. The van der Waals surface area contributed by atoms with Gasteiger partial charge >= 0.3 is 0 Å². The van der Waals surface area contributed by atoms with Crippen LogP contribution in [0, 0.1) is 0 Å². The second-order valence-corrected chi connectivity index (χ2v) is 6.99. The van der Waals surface area contributed by atoms with E-state index in [2.05, 4.69) is 8.37 Å². The van der Waals surface area contributed by atoms with Gasteiger partial charge < -0.3 is 0 Å². The van der Waals surface area contributed by atoms with Crippen LogP contribution in [0.2, 0.25) is 0 Å². The van der Waals surface area contributed by atoms with Crippen LogP contribution in [-0.2, 0) is 41.8 Å². The third-order valence-corrected chi connectivity index (χ3v) is 3.07. The molecule has 0 saturated carbocycles. The maximum absolute atomic E-state index is 10.9. The van der Waals surface area contributed by atoms with Crippen molar-refractivity contribution in [3.05, 3.63) is 35.4 Å². The molecule has 0 aromatic heterocycles. The Morgan fingerprint density at radius 2 is 1.17 bits per heavy atom. The second-order valence-electron chi connectivity index (χ2n) is 3.70. The third kappa shape index (κ3) is 6.10. The molecule has 6 nitrogen and oxygen atoms in total. The minimum absolute atomic E-state index is 0.151. The molecule has 0 spiro atoms. The Balaban J connectivity index is 2.80. The zero-order chi connectivity index (χ0) is 13.8. The van der Waals surface area contributed by atoms with Crippen LogP contribution in [0.1, 0.15) is 11.1 Å². The molecule has 1 aromatic carbocycles. The smallest absolute Gasteiger partial charge is 0.264 e. The highest BCUT2D eigenvalue weighted by atomic mass is 32.2. The molecule has 0 heterocycles. The van der Waals surface area contributed by atoms with E-state index < -0.39 is 20.2 Å². The van der Waals surface area contributed by atoms with Crippen molar-refractivity contribution in [2.75, 3.05) is 12.5 Å². The minimum atomic E-state index is -3.54.